The molecule has 0 aliphatic heterocycles. The van der Waals surface area contributed by atoms with Crippen LogP contribution >= 0.6 is 12.2 Å². The number of anilines is 1. The highest BCUT2D eigenvalue weighted by atomic mass is 32.1. The summed E-state index contributed by atoms with van der Waals surface area (Å²) in [5, 5.41) is 9.67. The molecule has 0 saturated heterocycles. The molecule has 0 bridgehead atoms. The van der Waals surface area contributed by atoms with Gasteiger partial charge in [-0.15, -0.1) is 0 Å². The third-order valence-corrected chi connectivity index (χ3v) is 3.66. The molecule has 0 radical (unpaired) electrons. The Hall–Kier alpha value is -1.61. The highest BCUT2D eigenvalue weighted by molar-refractivity contribution is 7.80. The van der Waals surface area contributed by atoms with Crippen LogP contribution < -0.4 is 10.6 Å². The van der Waals surface area contributed by atoms with Gasteiger partial charge in [-0.3, -0.25) is 0 Å². The summed E-state index contributed by atoms with van der Waals surface area (Å²) >= 11 is 5.37. The highest BCUT2D eigenvalue weighted by Gasteiger charge is 2.14. The SMILES string of the molecule is CC(C)(C)NC(=S)Nc1ccc2ccc(C(C)(C)C)cc2c1. The molecule has 0 fully saturated rings. The van der Waals surface area contributed by atoms with Gasteiger partial charge in [-0.1, -0.05) is 45.0 Å². The van der Waals surface area contributed by atoms with Crippen molar-refractivity contribution in [3.05, 3.63) is 42.0 Å². The second-order valence-electron chi connectivity index (χ2n) is 7.86. The quantitative estimate of drug-likeness (QED) is 0.705. The number of hydrogen-bond donors (Lipinski definition) is 2. The molecule has 2 rings (SSSR count). The lowest BCUT2D eigenvalue weighted by Gasteiger charge is -2.23. The van der Waals surface area contributed by atoms with Crippen LogP contribution in [-0.4, -0.2) is 10.7 Å². The molecular weight excluding hydrogens is 288 g/mol. The smallest absolute Gasteiger partial charge is 0.171 e. The van der Waals surface area contributed by atoms with Crippen LogP contribution in [0, 0.1) is 0 Å². The van der Waals surface area contributed by atoms with Gasteiger partial charge >= 0.3 is 0 Å². The Morgan fingerprint density at radius 2 is 1.50 bits per heavy atom. The number of thiocarbonyl (C=S) groups is 1. The summed E-state index contributed by atoms with van der Waals surface area (Å²) in [5.74, 6) is 0. The molecule has 2 aromatic rings. The number of rotatable bonds is 1. The van der Waals surface area contributed by atoms with Gasteiger partial charge in [0, 0.05) is 11.2 Å². The fraction of sp³-hybridized carbons (Fsp3) is 0.421. The molecule has 0 aromatic heterocycles. The first-order valence-electron chi connectivity index (χ1n) is 7.68. The molecule has 0 unspecified atom stereocenters. The molecule has 2 nitrogen and oxygen atoms in total. The van der Waals surface area contributed by atoms with Crippen LogP contribution in [0.2, 0.25) is 0 Å². The average Bonchev–Trinajstić information content (AvgIpc) is 2.34. The Morgan fingerprint density at radius 1 is 0.864 bits per heavy atom. The van der Waals surface area contributed by atoms with E-state index in [-0.39, 0.29) is 11.0 Å². The molecule has 0 aliphatic rings. The van der Waals surface area contributed by atoms with Crippen molar-refractivity contribution >= 4 is 33.8 Å². The summed E-state index contributed by atoms with van der Waals surface area (Å²) in [6, 6.07) is 13.0. The van der Waals surface area contributed by atoms with Crippen LogP contribution in [0.5, 0.6) is 0 Å². The van der Waals surface area contributed by atoms with Gasteiger partial charge in [0.15, 0.2) is 5.11 Å². The second kappa shape index (κ2) is 5.88. The van der Waals surface area contributed by atoms with Crippen LogP contribution in [0.1, 0.15) is 47.1 Å². The van der Waals surface area contributed by atoms with Gasteiger partial charge in [0.05, 0.1) is 0 Å². The Bertz CT molecular complexity index is 691. The van der Waals surface area contributed by atoms with E-state index in [0.717, 1.165) is 5.69 Å². The molecule has 0 amide bonds. The van der Waals surface area contributed by atoms with Crippen molar-refractivity contribution in [2.45, 2.75) is 52.5 Å². The van der Waals surface area contributed by atoms with Gasteiger partial charge in [0.2, 0.25) is 0 Å². The minimum Gasteiger partial charge on any atom is -0.358 e. The highest BCUT2D eigenvalue weighted by Crippen LogP contribution is 2.27. The molecule has 0 spiro atoms. The van der Waals surface area contributed by atoms with Crippen molar-refractivity contribution < 1.29 is 0 Å². The van der Waals surface area contributed by atoms with Crippen molar-refractivity contribution in [2.75, 3.05) is 5.32 Å². The summed E-state index contributed by atoms with van der Waals surface area (Å²) in [6.07, 6.45) is 0. The van der Waals surface area contributed by atoms with E-state index >= 15 is 0 Å². The molecule has 0 saturated carbocycles. The molecule has 2 aromatic carbocycles. The maximum atomic E-state index is 5.37. The molecule has 118 valence electrons. The Balaban J connectivity index is 2.27. The van der Waals surface area contributed by atoms with E-state index < -0.39 is 0 Å². The third kappa shape index (κ3) is 4.44. The first-order chi connectivity index (χ1) is 10.0. The molecule has 22 heavy (non-hydrogen) atoms. The maximum Gasteiger partial charge on any atom is 0.171 e. The lowest BCUT2D eigenvalue weighted by atomic mass is 9.86. The minimum atomic E-state index is -0.0413. The number of benzene rings is 2. The average molecular weight is 314 g/mol. The topological polar surface area (TPSA) is 24.1 Å². The number of hydrogen-bond acceptors (Lipinski definition) is 1. The van der Waals surface area contributed by atoms with Gasteiger partial charge in [0.25, 0.3) is 0 Å². The third-order valence-electron chi connectivity index (χ3n) is 3.45. The summed E-state index contributed by atoms with van der Waals surface area (Å²) in [7, 11) is 0. The molecule has 0 atom stereocenters. The van der Waals surface area contributed by atoms with Crippen molar-refractivity contribution in [3.8, 4) is 0 Å². The Labute approximate surface area is 139 Å². The minimum absolute atomic E-state index is 0.0413. The second-order valence-corrected chi connectivity index (χ2v) is 8.26. The van der Waals surface area contributed by atoms with Gasteiger partial charge < -0.3 is 10.6 Å². The largest absolute Gasteiger partial charge is 0.358 e. The van der Waals surface area contributed by atoms with E-state index in [4.69, 9.17) is 12.2 Å². The van der Waals surface area contributed by atoms with E-state index in [2.05, 4.69) is 88.6 Å². The predicted octanol–water partition coefficient (Wildman–Crippen LogP) is 5.22. The van der Waals surface area contributed by atoms with Gasteiger partial charge in [-0.05, 0) is 66.9 Å². The summed E-state index contributed by atoms with van der Waals surface area (Å²) in [4.78, 5) is 0. The van der Waals surface area contributed by atoms with Crippen LogP contribution in [0.4, 0.5) is 5.69 Å². The zero-order valence-corrected chi connectivity index (χ0v) is 15.2. The number of fused-ring (bicyclic) bond motifs is 1. The van der Waals surface area contributed by atoms with Crippen LogP contribution in [0.3, 0.4) is 0 Å². The summed E-state index contributed by atoms with van der Waals surface area (Å²) < 4.78 is 0. The van der Waals surface area contributed by atoms with Crippen molar-refractivity contribution in [2.24, 2.45) is 0 Å². The van der Waals surface area contributed by atoms with Crippen LogP contribution in [-0.2, 0) is 5.41 Å². The normalized spacial score (nSPS) is 12.3. The van der Waals surface area contributed by atoms with Crippen LogP contribution in [0.15, 0.2) is 36.4 Å². The van der Waals surface area contributed by atoms with E-state index in [9.17, 15) is 0 Å². The lowest BCUT2D eigenvalue weighted by Crippen LogP contribution is -2.42. The Kier molecular flexibility index (Phi) is 4.48. The maximum absolute atomic E-state index is 5.37. The van der Waals surface area contributed by atoms with Crippen molar-refractivity contribution in [3.63, 3.8) is 0 Å². The van der Waals surface area contributed by atoms with Crippen molar-refractivity contribution in [1.82, 2.24) is 5.32 Å². The zero-order chi connectivity index (χ0) is 16.5. The first kappa shape index (κ1) is 16.8. The molecule has 0 heterocycles. The lowest BCUT2D eigenvalue weighted by molar-refractivity contribution is 0.515. The fourth-order valence-corrected chi connectivity index (χ4v) is 2.72. The van der Waals surface area contributed by atoms with E-state index in [1.807, 2.05) is 0 Å². The first-order valence-corrected chi connectivity index (χ1v) is 8.09. The summed E-state index contributed by atoms with van der Waals surface area (Å²) in [6.45, 7) is 13.0. The fourth-order valence-electron chi connectivity index (χ4n) is 2.29. The Morgan fingerprint density at radius 3 is 2.09 bits per heavy atom. The van der Waals surface area contributed by atoms with Gasteiger partial charge in [-0.25, -0.2) is 0 Å². The predicted molar refractivity (Wildman–Crippen MR) is 102 cm³/mol. The van der Waals surface area contributed by atoms with Gasteiger partial charge in [0.1, 0.15) is 0 Å². The van der Waals surface area contributed by atoms with Gasteiger partial charge in [-0.2, -0.15) is 0 Å². The van der Waals surface area contributed by atoms with Crippen LogP contribution in [0.25, 0.3) is 10.8 Å². The van der Waals surface area contributed by atoms with E-state index in [1.165, 1.54) is 16.3 Å². The van der Waals surface area contributed by atoms with E-state index in [1.54, 1.807) is 0 Å². The van der Waals surface area contributed by atoms with E-state index in [0.29, 0.717) is 5.11 Å². The summed E-state index contributed by atoms with van der Waals surface area (Å²) in [5.41, 5.74) is 2.47. The molecular formula is C19H26N2S. The number of nitrogens with one attached hydrogen (secondary N) is 2. The van der Waals surface area contributed by atoms with Crippen molar-refractivity contribution in [1.29, 1.82) is 0 Å². The molecule has 0 aliphatic carbocycles. The standard InChI is InChI=1S/C19H26N2S/c1-18(2,3)15-9-7-13-8-10-16(12-14(13)11-15)20-17(22)21-19(4,5)6/h7-12H,1-6H3,(H2,20,21,22). The zero-order valence-electron chi connectivity index (χ0n) is 14.4. The molecule has 2 N–H and O–H groups in total. The monoisotopic (exact) mass is 314 g/mol. The molecule has 3 heteroatoms.